The van der Waals surface area contributed by atoms with Crippen LogP contribution in [-0.2, 0) is 14.3 Å². The van der Waals surface area contributed by atoms with Gasteiger partial charge in [-0.1, -0.05) is 52.0 Å². The zero-order chi connectivity index (χ0) is 33.9. The molecule has 1 aliphatic carbocycles. The quantitative estimate of drug-likeness (QED) is 0.101. The second kappa shape index (κ2) is 27.8. The molecule has 254 valence electrons. The Hall–Kier alpha value is -2.71. The highest BCUT2D eigenvalue weighted by molar-refractivity contribution is 5.82. The minimum absolute atomic E-state index is 0.0842. The van der Waals surface area contributed by atoms with Crippen LogP contribution in [0.1, 0.15) is 100 Å². The Kier molecular flexibility index (Phi) is 27.4. The van der Waals surface area contributed by atoms with Gasteiger partial charge in [0.2, 0.25) is 12.3 Å². The van der Waals surface area contributed by atoms with Crippen LogP contribution < -0.4 is 16.0 Å². The molecular formula is C36H65FN4O3. The van der Waals surface area contributed by atoms with E-state index in [9.17, 15) is 14.0 Å². The summed E-state index contributed by atoms with van der Waals surface area (Å²) in [6.45, 7) is 22.6. The predicted molar refractivity (Wildman–Crippen MR) is 186 cm³/mol. The summed E-state index contributed by atoms with van der Waals surface area (Å²) in [5.74, 6) is 1.40. The normalized spacial score (nSPS) is 18.4. The Morgan fingerprint density at radius 1 is 1.14 bits per heavy atom. The standard InChI is InChI=1S/C23H39N3O3.C8H11F.C3H9N.C2H6/c1-5-8-19-12-13-20(29-22(19)17(3)9-7-14-24-16-27)15-25-21(18-10-11-18)23(28)26(4)6-2;1-4-8(9)6-5-7(2)3;1-3-4-2;1-2/h8,16,18,20-21,25H,5-7,9-15H2,1-4H3,(H,24,27);4-6H,1H2,2-3H3;4H,3H2,1-2H3;1-2H3/b19-8-,22-17-;8-6+;;. The second-order valence-electron chi connectivity index (χ2n) is 11.0. The fourth-order valence-electron chi connectivity index (χ4n) is 4.17. The first-order valence-corrected chi connectivity index (χ1v) is 16.6. The first-order chi connectivity index (χ1) is 21.1. The first-order valence-electron chi connectivity index (χ1n) is 16.6. The number of ether oxygens (including phenoxy) is 1. The molecule has 2 fully saturated rings. The maximum atomic E-state index is 12.7. The third-order valence-electron chi connectivity index (χ3n) is 7.01. The second-order valence-corrected chi connectivity index (χ2v) is 11.0. The molecule has 3 N–H and O–H groups in total. The lowest BCUT2D eigenvalue weighted by Crippen LogP contribution is -2.49. The van der Waals surface area contributed by atoms with E-state index in [0.717, 1.165) is 75.8 Å². The summed E-state index contributed by atoms with van der Waals surface area (Å²) < 4.78 is 18.6. The van der Waals surface area contributed by atoms with Crippen LogP contribution in [0.5, 0.6) is 0 Å². The summed E-state index contributed by atoms with van der Waals surface area (Å²) in [5, 5.41) is 9.18. The van der Waals surface area contributed by atoms with Gasteiger partial charge in [0.1, 0.15) is 17.7 Å². The Bertz CT molecular complexity index is 916. The lowest BCUT2D eigenvalue weighted by molar-refractivity contribution is -0.132. The van der Waals surface area contributed by atoms with E-state index in [-0.39, 0.29) is 23.9 Å². The molecule has 44 heavy (non-hydrogen) atoms. The summed E-state index contributed by atoms with van der Waals surface area (Å²) >= 11 is 0. The molecule has 0 radical (unpaired) electrons. The van der Waals surface area contributed by atoms with E-state index < -0.39 is 0 Å². The lowest BCUT2D eigenvalue weighted by atomic mass is 9.96. The largest absolute Gasteiger partial charge is 0.489 e. The van der Waals surface area contributed by atoms with E-state index >= 15 is 0 Å². The van der Waals surface area contributed by atoms with Crippen LogP contribution in [0.4, 0.5) is 4.39 Å². The molecule has 0 bridgehead atoms. The van der Waals surface area contributed by atoms with E-state index in [1.54, 1.807) is 6.08 Å². The lowest BCUT2D eigenvalue weighted by Gasteiger charge is -2.32. The van der Waals surface area contributed by atoms with Crippen molar-refractivity contribution in [1.82, 2.24) is 20.9 Å². The van der Waals surface area contributed by atoms with Crippen LogP contribution >= 0.6 is 0 Å². The summed E-state index contributed by atoms with van der Waals surface area (Å²) in [4.78, 5) is 24.9. The van der Waals surface area contributed by atoms with Gasteiger partial charge in [0.25, 0.3) is 0 Å². The van der Waals surface area contributed by atoms with Gasteiger partial charge >= 0.3 is 0 Å². The van der Waals surface area contributed by atoms with Crippen molar-refractivity contribution in [1.29, 1.82) is 0 Å². The Morgan fingerprint density at radius 2 is 1.77 bits per heavy atom. The molecule has 2 aliphatic rings. The third-order valence-corrected chi connectivity index (χ3v) is 7.01. The number of halogens is 1. The Labute approximate surface area is 269 Å². The van der Waals surface area contributed by atoms with Crippen LogP contribution in [0.2, 0.25) is 0 Å². The number of likely N-dealkylation sites (N-methyl/N-ethyl adjacent to an activating group) is 1. The number of allylic oxidation sites excluding steroid dienone is 8. The molecule has 0 aromatic carbocycles. The van der Waals surface area contributed by atoms with Crippen molar-refractivity contribution >= 4 is 12.3 Å². The SMILES string of the molecule is C=C/C(F)=C\C=C(C)C.CC.CC/C=C1/CCC(CNC(C(=O)N(C)CC)C2CC2)O/C1=C(/C)CCCNC=O.CCNC. The van der Waals surface area contributed by atoms with Crippen LogP contribution in [0.3, 0.4) is 0 Å². The van der Waals surface area contributed by atoms with E-state index in [1.165, 1.54) is 23.3 Å². The van der Waals surface area contributed by atoms with E-state index in [1.807, 2.05) is 53.6 Å². The molecule has 1 saturated carbocycles. The van der Waals surface area contributed by atoms with Crippen LogP contribution in [0.25, 0.3) is 0 Å². The molecule has 2 unspecified atom stereocenters. The zero-order valence-corrected chi connectivity index (χ0v) is 29.7. The van der Waals surface area contributed by atoms with Crippen molar-refractivity contribution in [2.24, 2.45) is 5.92 Å². The van der Waals surface area contributed by atoms with Crippen molar-refractivity contribution in [2.45, 2.75) is 112 Å². The molecule has 8 heteroatoms. The number of hydrogen-bond acceptors (Lipinski definition) is 5. The summed E-state index contributed by atoms with van der Waals surface area (Å²) in [7, 11) is 3.81. The number of nitrogens with one attached hydrogen (secondary N) is 3. The van der Waals surface area contributed by atoms with Gasteiger partial charge in [-0.25, -0.2) is 4.39 Å². The van der Waals surface area contributed by atoms with Crippen LogP contribution in [-0.4, -0.2) is 69.6 Å². The highest BCUT2D eigenvalue weighted by Crippen LogP contribution is 2.34. The number of nitrogens with zero attached hydrogens (tertiary/aromatic N) is 1. The van der Waals surface area contributed by atoms with Gasteiger partial charge in [-0.15, -0.1) is 0 Å². The topological polar surface area (TPSA) is 82.7 Å². The zero-order valence-electron chi connectivity index (χ0n) is 29.7. The smallest absolute Gasteiger partial charge is 0.239 e. The van der Waals surface area contributed by atoms with Crippen molar-refractivity contribution in [2.75, 3.05) is 40.3 Å². The highest BCUT2D eigenvalue weighted by Gasteiger charge is 2.37. The molecule has 2 atom stereocenters. The van der Waals surface area contributed by atoms with Gasteiger partial charge in [0.15, 0.2) is 0 Å². The molecule has 2 amide bonds. The molecule has 0 aromatic heterocycles. The van der Waals surface area contributed by atoms with Gasteiger partial charge in [-0.05, 0) is 115 Å². The number of carbonyl (C=O) groups is 2. The van der Waals surface area contributed by atoms with E-state index in [2.05, 4.69) is 49.4 Å². The molecule has 1 saturated heterocycles. The predicted octanol–water partition coefficient (Wildman–Crippen LogP) is 7.39. The van der Waals surface area contributed by atoms with Crippen LogP contribution in [0, 0.1) is 5.92 Å². The van der Waals surface area contributed by atoms with Gasteiger partial charge in [-0.3, -0.25) is 9.59 Å². The van der Waals surface area contributed by atoms with E-state index in [4.69, 9.17) is 4.74 Å². The number of rotatable bonds is 15. The Balaban J connectivity index is 0. The minimum Gasteiger partial charge on any atom is -0.489 e. The summed E-state index contributed by atoms with van der Waals surface area (Å²) in [5.41, 5.74) is 3.61. The Morgan fingerprint density at radius 3 is 2.25 bits per heavy atom. The van der Waals surface area contributed by atoms with Crippen molar-refractivity contribution in [3.8, 4) is 0 Å². The monoisotopic (exact) mass is 621 g/mol. The van der Waals surface area contributed by atoms with Crippen molar-refractivity contribution in [3.05, 3.63) is 59.2 Å². The number of hydrogen-bond donors (Lipinski definition) is 3. The maximum absolute atomic E-state index is 12.7. The molecular weight excluding hydrogens is 555 g/mol. The van der Waals surface area contributed by atoms with E-state index in [0.29, 0.717) is 19.0 Å². The van der Waals surface area contributed by atoms with Crippen molar-refractivity contribution in [3.63, 3.8) is 0 Å². The molecule has 0 aromatic rings. The van der Waals surface area contributed by atoms with Crippen molar-refractivity contribution < 1.29 is 18.7 Å². The fraction of sp³-hybridized carbons (Fsp3) is 0.667. The average molecular weight is 621 g/mol. The summed E-state index contributed by atoms with van der Waals surface area (Å²) in [6.07, 6.45) is 14.4. The maximum Gasteiger partial charge on any atom is 0.239 e. The molecule has 7 nitrogen and oxygen atoms in total. The van der Waals surface area contributed by atoms with Crippen LogP contribution in [0.15, 0.2) is 59.2 Å². The first kappa shape index (κ1) is 43.4. The van der Waals surface area contributed by atoms with Gasteiger partial charge in [-0.2, -0.15) is 0 Å². The van der Waals surface area contributed by atoms with Gasteiger partial charge in [0, 0.05) is 26.7 Å². The molecule has 0 spiro atoms. The molecule has 2 rings (SSSR count). The number of amides is 2. The molecule has 1 heterocycles. The highest BCUT2D eigenvalue weighted by atomic mass is 19.1. The summed E-state index contributed by atoms with van der Waals surface area (Å²) in [6, 6.07) is -0.0842. The third kappa shape index (κ3) is 20.3. The van der Waals surface area contributed by atoms with Gasteiger partial charge < -0.3 is 25.6 Å². The molecule has 1 aliphatic heterocycles. The number of carbonyl (C=O) groups excluding carboxylic acids is 2. The minimum atomic E-state index is -0.295. The fourth-order valence-corrected chi connectivity index (χ4v) is 4.17. The van der Waals surface area contributed by atoms with Gasteiger partial charge in [0.05, 0.1) is 6.04 Å². The average Bonchev–Trinajstić information content (AvgIpc) is 3.89.